The number of nitrogens with one attached hydrogen (secondary N) is 1. The molecule has 1 heterocycles. The van der Waals surface area contributed by atoms with Crippen molar-refractivity contribution in [3.63, 3.8) is 0 Å². The van der Waals surface area contributed by atoms with E-state index in [1.54, 1.807) is 0 Å². The predicted molar refractivity (Wildman–Crippen MR) is 153 cm³/mol. The van der Waals surface area contributed by atoms with Crippen molar-refractivity contribution in [1.29, 1.82) is 0 Å². The van der Waals surface area contributed by atoms with Gasteiger partial charge in [-0.05, 0) is 63.4 Å². The Hall–Kier alpha value is -3.80. The first-order valence-electron chi connectivity index (χ1n) is 13.5. The molecule has 2 aliphatic rings. The van der Waals surface area contributed by atoms with Crippen molar-refractivity contribution in [3.8, 4) is 11.5 Å². The highest BCUT2D eigenvalue weighted by atomic mass is 32.2. The van der Waals surface area contributed by atoms with Crippen molar-refractivity contribution in [1.82, 2.24) is 4.72 Å². The van der Waals surface area contributed by atoms with Gasteiger partial charge in [0.05, 0.1) is 35.2 Å². The monoisotopic (exact) mass is 681 g/mol. The fourth-order valence-corrected chi connectivity index (χ4v) is 7.64. The van der Waals surface area contributed by atoms with E-state index in [2.05, 4.69) is 0 Å². The number of ether oxygens (including phenoxy) is 2. The normalized spacial score (nSPS) is 18.0. The molecule has 248 valence electrons. The van der Waals surface area contributed by atoms with Gasteiger partial charge in [-0.3, -0.25) is 18.7 Å². The van der Waals surface area contributed by atoms with Crippen LogP contribution in [0.25, 0.3) is 0 Å². The van der Waals surface area contributed by atoms with Crippen LogP contribution < -0.4 is 23.4 Å². The number of halogens is 4. The SMILES string of the molecule is COc1cc(S(=O)(=O)N2C[C@H](C[C@H](C)C(=O)NS(=O)(=O)C3CC3)Oc3ccc(N(C(=O)O)C(C)(C)C(F)(F)F)cc32)ccc1F. The summed E-state index contributed by atoms with van der Waals surface area (Å²) in [7, 11) is -7.40. The van der Waals surface area contributed by atoms with E-state index < -0.39 is 89.7 Å². The summed E-state index contributed by atoms with van der Waals surface area (Å²) in [6.45, 7) is 2.17. The third kappa shape index (κ3) is 6.75. The number of alkyl halides is 3. The van der Waals surface area contributed by atoms with Gasteiger partial charge in [0, 0.05) is 12.0 Å². The second-order valence-electron chi connectivity index (χ2n) is 11.2. The van der Waals surface area contributed by atoms with E-state index in [1.807, 2.05) is 4.72 Å². The first-order chi connectivity index (χ1) is 20.7. The van der Waals surface area contributed by atoms with Crippen LogP contribution in [0.15, 0.2) is 41.3 Å². The van der Waals surface area contributed by atoms with E-state index in [1.165, 1.54) is 6.92 Å². The maximum Gasteiger partial charge on any atom is 0.412 e. The summed E-state index contributed by atoms with van der Waals surface area (Å²) in [5.74, 6) is -3.29. The fourth-order valence-electron chi connectivity index (χ4n) is 4.72. The van der Waals surface area contributed by atoms with Crippen LogP contribution in [0.2, 0.25) is 0 Å². The van der Waals surface area contributed by atoms with Crippen molar-refractivity contribution < 1.29 is 58.6 Å². The van der Waals surface area contributed by atoms with E-state index in [9.17, 15) is 49.1 Å². The zero-order valence-electron chi connectivity index (χ0n) is 24.5. The summed E-state index contributed by atoms with van der Waals surface area (Å²) in [4.78, 5) is 24.3. The lowest BCUT2D eigenvalue weighted by Gasteiger charge is -2.40. The zero-order valence-corrected chi connectivity index (χ0v) is 26.1. The number of carbonyl (C=O) groups is 2. The van der Waals surface area contributed by atoms with Gasteiger partial charge in [-0.2, -0.15) is 13.2 Å². The Morgan fingerprint density at radius 1 is 1.13 bits per heavy atom. The molecular weight excluding hydrogens is 650 g/mol. The molecule has 2 aromatic rings. The molecule has 45 heavy (non-hydrogen) atoms. The number of hydrogen-bond donors (Lipinski definition) is 2. The average Bonchev–Trinajstić information content (AvgIpc) is 3.78. The summed E-state index contributed by atoms with van der Waals surface area (Å²) in [5, 5.41) is 9.10. The minimum atomic E-state index is -5.02. The molecule has 2 atom stereocenters. The van der Waals surface area contributed by atoms with Crippen LogP contribution in [-0.2, 0) is 24.8 Å². The minimum Gasteiger partial charge on any atom is -0.494 e. The molecule has 0 bridgehead atoms. The number of sulfonamides is 2. The number of benzene rings is 2. The second kappa shape index (κ2) is 11.9. The van der Waals surface area contributed by atoms with E-state index in [-0.39, 0.29) is 22.8 Å². The molecule has 1 aliphatic heterocycles. The summed E-state index contributed by atoms with van der Waals surface area (Å²) in [5.41, 5.74) is -3.80. The van der Waals surface area contributed by atoms with Gasteiger partial charge in [0.15, 0.2) is 11.6 Å². The lowest BCUT2D eigenvalue weighted by atomic mass is 10.0. The number of carbonyl (C=O) groups excluding carboxylic acids is 1. The van der Waals surface area contributed by atoms with Gasteiger partial charge >= 0.3 is 12.3 Å². The van der Waals surface area contributed by atoms with Crippen LogP contribution in [0.3, 0.4) is 0 Å². The van der Waals surface area contributed by atoms with E-state index in [0.717, 1.165) is 47.8 Å². The van der Waals surface area contributed by atoms with E-state index >= 15 is 0 Å². The van der Waals surface area contributed by atoms with Gasteiger partial charge < -0.3 is 14.6 Å². The molecule has 2 N–H and O–H groups in total. The van der Waals surface area contributed by atoms with Crippen molar-refractivity contribution in [3.05, 3.63) is 42.2 Å². The van der Waals surface area contributed by atoms with Gasteiger partial charge in [0.2, 0.25) is 15.9 Å². The standard InChI is InChI=1S/C27H31F4N3O9S2/c1-15(24(35)32-44(38,39)18-6-7-18)11-17-14-33(45(40,41)19-8-9-20(28)23(13-19)42-4)21-12-16(5-10-22(21)43-17)34(25(36)37)26(2,3)27(29,30)31/h5,8-10,12-13,15,17-18H,6-7,11,14H2,1-4H3,(H,32,35)(H,36,37)/t15-,17-/m0/s1. The van der Waals surface area contributed by atoms with Gasteiger partial charge in [-0.1, -0.05) is 6.92 Å². The fraction of sp³-hybridized carbons (Fsp3) is 0.481. The third-order valence-electron chi connectivity index (χ3n) is 7.56. The Kier molecular flexibility index (Phi) is 8.97. The predicted octanol–water partition coefficient (Wildman–Crippen LogP) is 4.25. The molecule has 18 heteroatoms. The number of anilines is 2. The molecule has 0 spiro atoms. The molecule has 1 fully saturated rings. The molecule has 4 rings (SSSR count). The Morgan fingerprint density at radius 2 is 1.78 bits per heavy atom. The average molecular weight is 682 g/mol. The lowest BCUT2D eigenvalue weighted by molar-refractivity contribution is -0.175. The van der Waals surface area contributed by atoms with Crippen molar-refractivity contribution >= 4 is 43.4 Å². The number of methoxy groups -OCH3 is 1. The van der Waals surface area contributed by atoms with Gasteiger partial charge in [0.25, 0.3) is 10.0 Å². The van der Waals surface area contributed by atoms with Gasteiger partial charge in [-0.15, -0.1) is 0 Å². The Morgan fingerprint density at radius 3 is 2.33 bits per heavy atom. The van der Waals surface area contributed by atoms with Crippen molar-refractivity contribution in [2.75, 3.05) is 22.9 Å². The highest BCUT2D eigenvalue weighted by Gasteiger charge is 2.54. The topological polar surface area (TPSA) is 160 Å². The highest BCUT2D eigenvalue weighted by Crippen LogP contribution is 2.44. The summed E-state index contributed by atoms with van der Waals surface area (Å²) in [6.07, 6.45) is -7.42. The van der Waals surface area contributed by atoms with Crippen molar-refractivity contribution in [2.45, 2.75) is 68.0 Å². The van der Waals surface area contributed by atoms with Crippen LogP contribution >= 0.6 is 0 Å². The molecule has 2 aromatic carbocycles. The Balaban J connectivity index is 1.77. The molecule has 2 amide bonds. The number of amides is 2. The van der Waals surface area contributed by atoms with Crippen LogP contribution in [0, 0.1) is 11.7 Å². The lowest BCUT2D eigenvalue weighted by Crippen LogP contribution is -2.57. The number of fused-ring (bicyclic) bond motifs is 1. The second-order valence-corrected chi connectivity index (χ2v) is 15.1. The third-order valence-corrected chi connectivity index (χ3v) is 11.2. The summed E-state index contributed by atoms with van der Waals surface area (Å²) < 4.78 is 122. The highest BCUT2D eigenvalue weighted by molar-refractivity contribution is 7.92. The van der Waals surface area contributed by atoms with Crippen LogP contribution in [-0.4, -0.2) is 70.7 Å². The maximum atomic E-state index is 14.1. The molecule has 1 aliphatic carbocycles. The van der Waals surface area contributed by atoms with E-state index in [4.69, 9.17) is 9.47 Å². The number of hydrogen-bond acceptors (Lipinski definition) is 8. The van der Waals surface area contributed by atoms with Crippen LogP contribution in [0.5, 0.6) is 11.5 Å². The number of rotatable bonds is 10. The van der Waals surface area contributed by atoms with Crippen LogP contribution in [0.4, 0.5) is 33.7 Å². The molecular formula is C27H31F4N3O9S2. The number of nitrogens with zero attached hydrogens (tertiary/aromatic N) is 2. The summed E-state index contributed by atoms with van der Waals surface area (Å²) >= 11 is 0. The van der Waals surface area contributed by atoms with E-state index in [0.29, 0.717) is 26.7 Å². The number of carboxylic acid groups (broad SMARTS) is 1. The largest absolute Gasteiger partial charge is 0.494 e. The Labute approximate surface area is 257 Å². The Bertz CT molecular complexity index is 1710. The quantitative estimate of drug-likeness (QED) is 0.350. The summed E-state index contributed by atoms with van der Waals surface area (Å²) in [6, 6.07) is 5.68. The first kappa shape index (κ1) is 34.1. The maximum absolute atomic E-state index is 14.1. The van der Waals surface area contributed by atoms with Gasteiger partial charge in [0.1, 0.15) is 17.4 Å². The smallest absolute Gasteiger partial charge is 0.412 e. The minimum absolute atomic E-state index is 0.0395. The molecule has 1 saturated carbocycles. The zero-order chi connectivity index (χ0) is 33.7. The molecule has 0 radical (unpaired) electrons. The van der Waals surface area contributed by atoms with Crippen LogP contribution in [0.1, 0.15) is 40.0 Å². The molecule has 0 saturated heterocycles. The van der Waals surface area contributed by atoms with Crippen molar-refractivity contribution in [2.24, 2.45) is 5.92 Å². The molecule has 0 aromatic heterocycles. The molecule has 12 nitrogen and oxygen atoms in total. The molecule has 0 unspecified atom stereocenters. The first-order valence-corrected chi connectivity index (χ1v) is 16.5. The van der Waals surface area contributed by atoms with Gasteiger partial charge in [-0.25, -0.2) is 26.0 Å².